The first-order chi connectivity index (χ1) is 13.1. The zero-order chi connectivity index (χ0) is 19.5. The van der Waals surface area contributed by atoms with Gasteiger partial charge in [-0.15, -0.1) is 0 Å². The van der Waals surface area contributed by atoms with Crippen LogP contribution in [0.15, 0.2) is 91.0 Å². The van der Waals surface area contributed by atoms with Crippen LogP contribution in [0.3, 0.4) is 0 Å². The normalized spacial score (nSPS) is 10.2. The van der Waals surface area contributed by atoms with E-state index in [0.29, 0.717) is 0 Å². The molecule has 0 saturated heterocycles. The second-order valence-corrected chi connectivity index (χ2v) is 8.40. The van der Waals surface area contributed by atoms with Crippen LogP contribution >= 0.6 is 7.92 Å². The number of halogens is 1. The van der Waals surface area contributed by atoms with Gasteiger partial charge in [0, 0.05) is 0 Å². The van der Waals surface area contributed by atoms with E-state index in [1.807, 2.05) is 0 Å². The van der Waals surface area contributed by atoms with Gasteiger partial charge in [0.25, 0.3) is 0 Å². The topological polar surface area (TPSA) is 86.7 Å². The molecule has 0 spiro atoms. The molecule has 0 aromatic heterocycles. The van der Waals surface area contributed by atoms with Gasteiger partial charge in [-0.3, -0.25) is 0 Å². The van der Waals surface area contributed by atoms with E-state index in [4.69, 9.17) is 21.1 Å². The average molecular weight is 522 g/mol. The molecule has 4 nitrogen and oxygen atoms in total. The molecular weight excluding hydrogens is 496 g/mol. The standard InChI is InChI=1S/C18H15P.C4H11NO3.ClH.Rh/c1-4-10-16(11-5-1)19(17-12-6-2-7-13-17)18-14-8-3-9-15-18;5-4(1-6,2-7)3-8;;/h1-15H;6-8H,1-3,5H2;1H;/q;;;+1/p-1. The van der Waals surface area contributed by atoms with Crippen molar-refractivity contribution in [2.24, 2.45) is 5.73 Å². The summed E-state index contributed by atoms with van der Waals surface area (Å²) in [6.45, 7) is -1.21. The third kappa shape index (κ3) is 8.62. The first-order valence-electron chi connectivity index (χ1n) is 8.70. The van der Waals surface area contributed by atoms with Crippen molar-refractivity contribution in [2.75, 3.05) is 19.8 Å². The van der Waals surface area contributed by atoms with Gasteiger partial charge >= 0.3 is 19.5 Å². The number of nitrogens with two attached hydrogens (primary N) is 1. The van der Waals surface area contributed by atoms with Gasteiger partial charge < -0.3 is 33.5 Å². The summed E-state index contributed by atoms with van der Waals surface area (Å²) in [6, 6.07) is 32.3. The van der Waals surface area contributed by atoms with E-state index in [0.717, 1.165) is 0 Å². The molecule has 0 radical (unpaired) electrons. The molecule has 0 bridgehead atoms. The van der Waals surface area contributed by atoms with E-state index in [-0.39, 0.29) is 31.9 Å². The largest absolute Gasteiger partial charge is 1.00 e. The van der Waals surface area contributed by atoms with Crippen LogP contribution in [-0.4, -0.2) is 40.7 Å². The zero-order valence-electron chi connectivity index (χ0n) is 15.9. The number of aliphatic hydroxyl groups excluding tert-OH is 3. The minimum atomic E-state index is -1.21. The molecule has 0 aliphatic heterocycles. The van der Waals surface area contributed by atoms with Crippen molar-refractivity contribution in [3.05, 3.63) is 91.0 Å². The molecule has 7 heteroatoms. The third-order valence-corrected chi connectivity index (χ3v) is 6.43. The SMILES string of the molecule is NC(CO)(CO)CO.[Cl-].[Rh+].c1ccc(P(c2ccccc2)c2ccccc2)cc1. The van der Waals surface area contributed by atoms with Gasteiger partial charge in [-0.1, -0.05) is 91.0 Å². The Kier molecular flexibility index (Phi) is 14.2. The molecular formula is C22H26ClNO3PRh. The fourth-order valence-electron chi connectivity index (χ4n) is 2.33. The monoisotopic (exact) mass is 521 g/mol. The molecule has 29 heavy (non-hydrogen) atoms. The van der Waals surface area contributed by atoms with Crippen molar-refractivity contribution >= 4 is 23.8 Å². The van der Waals surface area contributed by atoms with Gasteiger partial charge in [0.05, 0.1) is 25.4 Å². The minimum absolute atomic E-state index is 0. The molecule has 0 amide bonds. The maximum Gasteiger partial charge on any atom is 1.00 e. The van der Waals surface area contributed by atoms with E-state index in [1.54, 1.807) is 0 Å². The predicted molar refractivity (Wildman–Crippen MR) is 113 cm³/mol. The molecule has 5 N–H and O–H groups in total. The predicted octanol–water partition coefficient (Wildman–Crippen LogP) is -1.89. The Morgan fingerprint density at radius 1 is 0.586 bits per heavy atom. The van der Waals surface area contributed by atoms with Gasteiger partial charge in [-0.25, -0.2) is 0 Å². The number of hydrogen-bond donors (Lipinski definition) is 4. The fraction of sp³-hybridized carbons (Fsp3) is 0.182. The van der Waals surface area contributed by atoms with Crippen LogP contribution in [-0.2, 0) is 19.5 Å². The number of hydrogen-bond acceptors (Lipinski definition) is 4. The maximum atomic E-state index is 8.34. The summed E-state index contributed by atoms with van der Waals surface area (Å²) in [5, 5.41) is 29.2. The Morgan fingerprint density at radius 2 is 0.828 bits per heavy atom. The number of benzene rings is 3. The molecule has 158 valence electrons. The Morgan fingerprint density at radius 3 is 1.00 bits per heavy atom. The smallest absolute Gasteiger partial charge is 1.00 e. The van der Waals surface area contributed by atoms with Gasteiger partial charge in [-0.05, 0) is 23.8 Å². The summed E-state index contributed by atoms with van der Waals surface area (Å²) in [5.41, 5.74) is 3.94. The van der Waals surface area contributed by atoms with Crippen LogP contribution in [0, 0.1) is 0 Å². The van der Waals surface area contributed by atoms with Gasteiger partial charge in [0.1, 0.15) is 0 Å². The molecule has 0 atom stereocenters. The summed E-state index contributed by atoms with van der Waals surface area (Å²) in [7, 11) is -0.446. The summed E-state index contributed by atoms with van der Waals surface area (Å²) in [4.78, 5) is 0. The summed E-state index contributed by atoms with van der Waals surface area (Å²) < 4.78 is 0. The van der Waals surface area contributed by atoms with E-state index in [1.165, 1.54) is 15.9 Å². The average Bonchev–Trinajstić information content (AvgIpc) is 2.76. The van der Waals surface area contributed by atoms with Crippen LogP contribution in [0.25, 0.3) is 0 Å². The second kappa shape index (κ2) is 14.8. The van der Waals surface area contributed by atoms with Crippen molar-refractivity contribution in [3.8, 4) is 0 Å². The van der Waals surface area contributed by atoms with Crippen molar-refractivity contribution in [2.45, 2.75) is 5.54 Å². The van der Waals surface area contributed by atoms with Crippen molar-refractivity contribution in [3.63, 3.8) is 0 Å². The Hall–Kier alpha value is -1.16. The number of rotatable bonds is 6. The first kappa shape index (κ1) is 27.8. The molecule has 0 heterocycles. The molecule has 3 aromatic carbocycles. The van der Waals surface area contributed by atoms with Gasteiger partial charge in [0.15, 0.2) is 0 Å². The second-order valence-electron chi connectivity index (χ2n) is 6.18. The Labute approximate surface area is 192 Å². The van der Waals surface area contributed by atoms with Gasteiger partial charge in [0.2, 0.25) is 0 Å². The first-order valence-corrected chi connectivity index (χ1v) is 10.0. The Bertz CT molecular complexity index is 676. The van der Waals surface area contributed by atoms with Crippen molar-refractivity contribution in [1.29, 1.82) is 0 Å². The molecule has 0 aliphatic rings. The van der Waals surface area contributed by atoms with Crippen LogP contribution in [0.2, 0.25) is 0 Å². The molecule has 3 rings (SSSR count). The maximum absolute atomic E-state index is 8.34. The van der Waals surface area contributed by atoms with Crippen molar-refractivity contribution in [1.82, 2.24) is 0 Å². The van der Waals surface area contributed by atoms with Crippen LogP contribution in [0.4, 0.5) is 0 Å². The van der Waals surface area contributed by atoms with Crippen LogP contribution in [0.1, 0.15) is 0 Å². The fourth-order valence-corrected chi connectivity index (χ4v) is 4.63. The third-order valence-electron chi connectivity index (χ3n) is 3.99. The minimum Gasteiger partial charge on any atom is -1.00 e. The molecule has 3 aromatic rings. The number of aliphatic hydroxyl groups is 3. The zero-order valence-corrected chi connectivity index (χ0v) is 19.1. The van der Waals surface area contributed by atoms with E-state index < -0.39 is 33.3 Å². The molecule has 0 aliphatic carbocycles. The summed E-state index contributed by atoms with van der Waals surface area (Å²) >= 11 is 0. The van der Waals surface area contributed by atoms with E-state index in [9.17, 15) is 0 Å². The quantitative estimate of drug-likeness (QED) is 0.226. The van der Waals surface area contributed by atoms with Crippen molar-refractivity contribution < 1.29 is 47.2 Å². The van der Waals surface area contributed by atoms with Gasteiger partial charge in [-0.2, -0.15) is 0 Å². The van der Waals surface area contributed by atoms with Crippen LogP contribution < -0.4 is 34.1 Å². The Balaban J connectivity index is 0.000000681. The van der Waals surface area contributed by atoms with Crippen LogP contribution in [0.5, 0.6) is 0 Å². The van der Waals surface area contributed by atoms with E-state index in [2.05, 4.69) is 91.0 Å². The molecule has 0 fully saturated rings. The molecule has 0 saturated carbocycles. The molecule has 0 unspecified atom stereocenters. The summed E-state index contributed by atoms with van der Waals surface area (Å²) in [6.07, 6.45) is 0. The van der Waals surface area contributed by atoms with E-state index >= 15 is 0 Å². The summed E-state index contributed by atoms with van der Waals surface area (Å²) in [5.74, 6) is 0.